The zero-order valence-corrected chi connectivity index (χ0v) is 11.5. The molecule has 0 saturated carbocycles. The van der Waals surface area contributed by atoms with E-state index in [0.29, 0.717) is 22.7 Å². The van der Waals surface area contributed by atoms with E-state index in [2.05, 4.69) is 34.6 Å². The summed E-state index contributed by atoms with van der Waals surface area (Å²) in [6.07, 6.45) is 2.39. The second-order valence-electron chi connectivity index (χ2n) is 4.28. The fourth-order valence-electron chi connectivity index (χ4n) is 1.26. The number of nitrogens with zero attached hydrogens (tertiary/aromatic N) is 2. The number of nitrogens with two attached hydrogens (primary N) is 1. The number of ether oxygens (including phenoxy) is 1. The smallest absolute Gasteiger partial charge is 0.239 e. The first-order valence-electron chi connectivity index (χ1n) is 5.94. The molecule has 0 unspecified atom stereocenters. The molecular weight excluding hydrogens is 254 g/mol. The molecule has 0 radical (unpaired) electrons. The second-order valence-corrected chi connectivity index (χ2v) is 4.69. The van der Waals surface area contributed by atoms with Gasteiger partial charge in [-0.25, -0.2) is 10.8 Å². The summed E-state index contributed by atoms with van der Waals surface area (Å²) in [7, 11) is 0. The van der Waals surface area contributed by atoms with Crippen LogP contribution in [0.4, 0.5) is 11.8 Å². The van der Waals surface area contributed by atoms with Crippen molar-refractivity contribution in [3.63, 3.8) is 0 Å². The van der Waals surface area contributed by atoms with Crippen LogP contribution >= 0.6 is 11.6 Å². The number of halogens is 1. The highest BCUT2D eigenvalue weighted by Crippen LogP contribution is 2.18. The minimum Gasteiger partial charge on any atom is -0.381 e. The van der Waals surface area contributed by atoms with Crippen LogP contribution in [0.3, 0.4) is 0 Å². The van der Waals surface area contributed by atoms with E-state index in [1.165, 1.54) is 6.20 Å². The lowest BCUT2D eigenvalue weighted by Crippen LogP contribution is -2.13. The predicted molar refractivity (Wildman–Crippen MR) is 73.6 cm³/mol. The van der Waals surface area contributed by atoms with E-state index in [1.54, 1.807) is 0 Å². The third kappa shape index (κ3) is 5.48. The van der Waals surface area contributed by atoms with E-state index in [0.717, 1.165) is 26.2 Å². The van der Waals surface area contributed by atoms with Gasteiger partial charge in [-0.2, -0.15) is 4.98 Å². The number of hydrogen-bond acceptors (Lipinski definition) is 6. The van der Waals surface area contributed by atoms with E-state index in [1.807, 2.05) is 0 Å². The molecule has 0 bridgehead atoms. The van der Waals surface area contributed by atoms with Gasteiger partial charge in [-0.3, -0.25) is 5.43 Å². The fourth-order valence-corrected chi connectivity index (χ4v) is 1.42. The average Bonchev–Trinajstić information content (AvgIpc) is 2.35. The third-order valence-corrected chi connectivity index (χ3v) is 2.36. The Hall–Kier alpha value is -1.11. The van der Waals surface area contributed by atoms with Crippen molar-refractivity contribution in [2.24, 2.45) is 11.8 Å². The maximum absolute atomic E-state index is 5.95. The molecule has 1 heterocycles. The standard InChI is InChI=1S/C11H20ClN5O/c1-8(2)7-18-5-3-4-14-10-9(12)6-15-11(16-10)17-13/h6,8H,3-5,7,13H2,1-2H3,(H2,14,15,16,17). The normalized spacial score (nSPS) is 10.7. The van der Waals surface area contributed by atoms with E-state index in [-0.39, 0.29) is 0 Å². The first kappa shape index (κ1) is 14.9. The summed E-state index contributed by atoms with van der Waals surface area (Å²) in [5.41, 5.74) is 2.37. The summed E-state index contributed by atoms with van der Waals surface area (Å²) >= 11 is 5.95. The van der Waals surface area contributed by atoms with Crippen LogP contribution in [0.25, 0.3) is 0 Å². The molecule has 0 amide bonds. The van der Waals surface area contributed by atoms with Crippen molar-refractivity contribution < 1.29 is 4.74 Å². The minimum atomic E-state index is 0.331. The maximum Gasteiger partial charge on any atom is 0.239 e. The van der Waals surface area contributed by atoms with Crippen LogP contribution in [-0.4, -0.2) is 29.7 Å². The summed E-state index contributed by atoms with van der Waals surface area (Å²) < 4.78 is 5.47. The molecule has 1 aromatic rings. The summed E-state index contributed by atoms with van der Waals surface area (Å²) in [4.78, 5) is 8.00. The highest BCUT2D eigenvalue weighted by Gasteiger charge is 2.03. The third-order valence-electron chi connectivity index (χ3n) is 2.08. The Bertz CT molecular complexity index is 361. The van der Waals surface area contributed by atoms with E-state index in [9.17, 15) is 0 Å². The van der Waals surface area contributed by atoms with Crippen LogP contribution in [0.2, 0.25) is 5.02 Å². The summed E-state index contributed by atoms with van der Waals surface area (Å²) in [6, 6.07) is 0. The van der Waals surface area contributed by atoms with Crippen LogP contribution in [-0.2, 0) is 4.74 Å². The second kappa shape index (κ2) is 8.07. The van der Waals surface area contributed by atoms with Gasteiger partial charge in [0.25, 0.3) is 0 Å². The number of nitrogens with one attached hydrogen (secondary N) is 2. The van der Waals surface area contributed by atoms with Crippen LogP contribution in [0, 0.1) is 5.92 Å². The zero-order chi connectivity index (χ0) is 13.4. The van der Waals surface area contributed by atoms with Gasteiger partial charge in [0, 0.05) is 19.8 Å². The molecule has 0 aliphatic heterocycles. The van der Waals surface area contributed by atoms with E-state index in [4.69, 9.17) is 22.2 Å². The van der Waals surface area contributed by atoms with Gasteiger partial charge in [0.15, 0.2) is 5.82 Å². The molecule has 7 heteroatoms. The number of nitrogen functional groups attached to an aromatic ring is 1. The van der Waals surface area contributed by atoms with Crippen molar-refractivity contribution in [3.05, 3.63) is 11.2 Å². The van der Waals surface area contributed by atoms with Gasteiger partial charge < -0.3 is 10.1 Å². The van der Waals surface area contributed by atoms with Gasteiger partial charge in [0.05, 0.1) is 6.20 Å². The number of rotatable bonds is 8. The lowest BCUT2D eigenvalue weighted by molar-refractivity contribution is 0.110. The number of anilines is 2. The Morgan fingerprint density at radius 2 is 2.28 bits per heavy atom. The van der Waals surface area contributed by atoms with Crippen molar-refractivity contribution in [1.29, 1.82) is 0 Å². The number of hydrazine groups is 1. The van der Waals surface area contributed by atoms with Gasteiger partial charge in [-0.05, 0) is 12.3 Å². The van der Waals surface area contributed by atoms with Crippen molar-refractivity contribution in [2.45, 2.75) is 20.3 Å². The fraction of sp³-hybridized carbons (Fsp3) is 0.636. The quantitative estimate of drug-likeness (QED) is 0.381. The average molecular weight is 274 g/mol. The Balaban J connectivity index is 2.26. The summed E-state index contributed by atoms with van der Waals surface area (Å²) in [5.74, 6) is 6.69. The zero-order valence-electron chi connectivity index (χ0n) is 10.7. The largest absolute Gasteiger partial charge is 0.381 e. The Morgan fingerprint density at radius 3 is 2.94 bits per heavy atom. The van der Waals surface area contributed by atoms with Crippen molar-refractivity contribution in [3.8, 4) is 0 Å². The highest BCUT2D eigenvalue weighted by molar-refractivity contribution is 6.32. The molecular formula is C11H20ClN5O. The molecule has 0 atom stereocenters. The van der Waals surface area contributed by atoms with Crippen LogP contribution in [0.5, 0.6) is 0 Å². The van der Waals surface area contributed by atoms with Crippen molar-refractivity contribution >= 4 is 23.4 Å². The van der Waals surface area contributed by atoms with Gasteiger partial charge in [-0.1, -0.05) is 25.4 Å². The topological polar surface area (TPSA) is 85.1 Å². The Morgan fingerprint density at radius 1 is 1.50 bits per heavy atom. The molecule has 0 spiro atoms. The van der Waals surface area contributed by atoms with Gasteiger partial charge in [0.1, 0.15) is 5.02 Å². The lowest BCUT2D eigenvalue weighted by atomic mass is 10.2. The monoisotopic (exact) mass is 273 g/mol. The maximum atomic E-state index is 5.95. The minimum absolute atomic E-state index is 0.331. The van der Waals surface area contributed by atoms with E-state index >= 15 is 0 Å². The molecule has 18 heavy (non-hydrogen) atoms. The molecule has 0 aromatic carbocycles. The molecule has 0 aliphatic carbocycles. The molecule has 0 saturated heterocycles. The molecule has 1 rings (SSSR count). The molecule has 6 nitrogen and oxygen atoms in total. The highest BCUT2D eigenvalue weighted by atomic mass is 35.5. The van der Waals surface area contributed by atoms with Crippen molar-refractivity contribution in [1.82, 2.24) is 9.97 Å². The Labute approximate surface area is 112 Å². The molecule has 0 aliphatic rings. The first-order valence-corrected chi connectivity index (χ1v) is 6.32. The SMILES string of the molecule is CC(C)COCCCNc1nc(NN)ncc1Cl. The summed E-state index contributed by atoms with van der Waals surface area (Å²) in [6.45, 7) is 6.49. The lowest BCUT2D eigenvalue weighted by Gasteiger charge is -2.09. The first-order chi connectivity index (χ1) is 8.63. The van der Waals surface area contributed by atoms with Crippen molar-refractivity contribution in [2.75, 3.05) is 30.5 Å². The summed E-state index contributed by atoms with van der Waals surface area (Å²) in [5, 5.41) is 3.59. The van der Waals surface area contributed by atoms with Crippen LogP contribution in [0.15, 0.2) is 6.20 Å². The predicted octanol–water partition coefficient (Wildman–Crippen LogP) is 1.89. The Kier molecular flexibility index (Phi) is 6.70. The molecule has 1 aromatic heterocycles. The van der Waals surface area contributed by atoms with Crippen LogP contribution in [0.1, 0.15) is 20.3 Å². The molecule has 102 valence electrons. The van der Waals surface area contributed by atoms with Gasteiger partial charge in [-0.15, -0.1) is 0 Å². The van der Waals surface area contributed by atoms with Crippen LogP contribution < -0.4 is 16.6 Å². The molecule has 0 fully saturated rings. The van der Waals surface area contributed by atoms with Gasteiger partial charge in [0.2, 0.25) is 5.95 Å². The van der Waals surface area contributed by atoms with E-state index < -0.39 is 0 Å². The van der Waals surface area contributed by atoms with Gasteiger partial charge >= 0.3 is 0 Å². The number of hydrogen-bond donors (Lipinski definition) is 3. The molecule has 4 N–H and O–H groups in total. The number of aromatic nitrogens is 2.